The maximum atomic E-state index is 4.92. The topological polar surface area (TPSA) is 28.2 Å². The number of aromatic nitrogens is 1. The smallest absolute Gasteiger partial charge is 0.186 e. The number of thioether (sulfide) groups is 1. The molecular formula is C15H19N3S2. The molecule has 2 aromatic rings. The number of nitrogens with one attached hydrogen (secondary N) is 1. The molecule has 0 bridgehead atoms. The first-order valence-corrected chi connectivity index (χ1v) is 8.88. The van der Waals surface area contributed by atoms with Crippen molar-refractivity contribution in [1.29, 1.82) is 0 Å². The lowest BCUT2D eigenvalue weighted by molar-refractivity contribution is 0.830. The third-order valence-corrected chi connectivity index (χ3v) is 5.41. The van der Waals surface area contributed by atoms with Crippen molar-refractivity contribution in [2.24, 2.45) is 0 Å². The van der Waals surface area contributed by atoms with Crippen LogP contribution in [0.4, 0.5) is 5.13 Å². The Morgan fingerprint density at radius 1 is 1.20 bits per heavy atom. The molecule has 0 saturated carbocycles. The highest BCUT2D eigenvalue weighted by Crippen LogP contribution is 2.33. The Bertz CT molecular complexity index is 548. The minimum atomic E-state index is 0.879. The maximum Gasteiger partial charge on any atom is 0.186 e. The molecule has 1 aliphatic heterocycles. The van der Waals surface area contributed by atoms with E-state index >= 15 is 0 Å². The van der Waals surface area contributed by atoms with Crippen LogP contribution in [0, 0.1) is 0 Å². The van der Waals surface area contributed by atoms with E-state index in [-0.39, 0.29) is 0 Å². The number of hydrogen-bond donors (Lipinski definition) is 1. The zero-order valence-corrected chi connectivity index (χ0v) is 13.3. The van der Waals surface area contributed by atoms with Crippen LogP contribution in [-0.4, -0.2) is 36.6 Å². The molecule has 1 N–H and O–H groups in total. The summed E-state index contributed by atoms with van der Waals surface area (Å²) >= 11 is 3.86. The lowest BCUT2D eigenvalue weighted by Crippen LogP contribution is -2.32. The van der Waals surface area contributed by atoms with Crippen molar-refractivity contribution >= 4 is 28.2 Å². The SMILES string of the molecule is CNCc1sc(N2CCSCC2)nc1-c1ccccc1. The lowest BCUT2D eigenvalue weighted by Gasteiger charge is -2.25. The summed E-state index contributed by atoms with van der Waals surface area (Å²) in [6.07, 6.45) is 0. The standard InChI is InChI=1S/C15H19N3S2/c1-16-11-13-14(12-5-3-2-4-6-12)17-15(20-13)18-7-9-19-10-8-18/h2-6,16H,7-11H2,1H3. The zero-order valence-electron chi connectivity index (χ0n) is 11.6. The molecule has 5 heteroatoms. The fourth-order valence-electron chi connectivity index (χ4n) is 2.33. The maximum absolute atomic E-state index is 4.92. The molecule has 3 rings (SSSR count). The van der Waals surface area contributed by atoms with E-state index in [1.54, 1.807) is 0 Å². The van der Waals surface area contributed by atoms with Crippen molar-refractivity contribution < 1.29 is 0 Å². The fraction of sp³-hybridized carbons (Fsp3) is 0.400. The summed E-state index contributed by atoms with van der Waals surface area (Å²) < 4.78 is 0. The van der Waals surface area contributed by atoms with E-state index in [4.69, 9.17) is 4.98 Å². The van der Waals surface area contributed by atoms with E-state index < -0.39 is 0 Å². The van der Waals surface area contributed by atoms with Crippen LogP contribution in [0.5, 0.6) is 0 Å². The average Bonchev–Trinajstić information content (AvgIpc) is 2.94. The monoisotopic (exact) mass is 305 g/mol. The average molecular weight is 305 g/mol. The van der Waals surface area contributed by atoms with Gasteiger partial charge in [0.2, 0.25) is 0 Å². The van der Waals surface area contributed by atoms with Crippen molar-refractivity contribution in [2.75, 3.05) is 36.5 Å². The largest absolute Gasteiger partial charge is 0.346 e. The van der Waals surface area contributed by atoms with Crippen LogP contribution in [0.15, 0.2) is 30.3 Å². The van der Waals surface area contributed by atoms with E-state index in [2.05, 4.69) is 40.5 Å². The molecule has 1 fully saturated rings. The molecule has 0 atom stereocenters. The molecular weight excluding hydrogens is 286 g/mol. The predicted molar refractivity (Wildman–Crippen MR) is 89.9 cm³/mol. The summed E-state index contributed by atoms with van der Waals surface area (Å²) in [5.41, 5.74) is 2.35. The van der Waals surface area contributed by atoms with Gasteiger partial charge in [0.05, 0.1) is 5.69 Å². The van der Waals surface area contributed by atoms with Gasteiger partial charge in [-0.05, 0) is 7.05 Å². The van der Waals surface area contributed by atoms with Gasteiger partial charge in [-0.1, -0.05) is 41.7 Å². The van der Waals surface area contributed by atoms with Crippen molar-refractivity contribution in [3.63, 3.8) is 0 Å². The fourth-order valence-corrected chi connectivity index (χ4v) is 4.38. The van der Waals surface area contributed by atoms with Crippen LogP contribution < -0.4 is 10.2 Å². The number of benzene rings is 1. The first-order chi connectivity index (χ1) is 9.88. The van der Waals surface area contributed by atoms with E-state index in [0.29, 0.717) is 0 Å². The summed E-state index contributed by atoms with van der Waals surface area (Å²) in [4.78, 5) is 8.67. The van der Waals surface area contributed by atoms with Crippen LogP contribution >= 0.6 is 23.1 Å². The molecule has 1 aromatic carbocycles. The van der Waals surface area contributed by atoms with Gasteiger partial charge in [0.1, 0.15) is 0 Å². The van der Waals surface area contributed by atoms with Gasteiger partial charge in [-0.3, -0.25) is 0 Å². The van der Waals surface area contributed by atoms with Crippen molar-refractivity contribution in [1.82, 2.24) is 10.3 Å². The zero-order chi connectivity index (χ0) is 13.8. The van der Waals surface area contributed by atoms with Gasteiger partial charge in [-0.25, -0.2) is 4.98 Å². The predicted octanol–water partition coefficient (Wildman–Crippen LogP) is 3.08. The van der Waals surface area contributed by atoms with E-state index in [1.165, 1.54) is 27.1 Å². The Balaban J connectivity index is 1.93. The molecule has 2 heterocycles. The van der Waals surface area contributed by atoms with Crippen molar-refractivity contribution in [2.45, 2.75) is 6.54 Å². The summed E-state index contributed by atoms with van der Waals surface area (Å²) in [7, 11) is 1.99. The summed E-state index contributed by atoms with van der Waals surface area (Å²) in [5.74, 6) is 2.42. The third-order valence-electron chi connectivity index (χ3n) is 3.35. The van der Waals surface area contributed by atoms with Crippen molar-refractivity contribution in [3.8, 4) is 11.3 Å². The van der Waals surface area contributed by atoms with E-state index in [9.17, 15) is 0 Å². The van der Waals surface area contributed by atoms with Gasteiger partial charge in [0.25, 0.3) is 0 Å². The normalized spacial score (nSPS) is 15.6. The number of thiazole rings is 1. The second-order valence-corrected chi connectivity index (χ2v) is 7.05. The van der Waals surface area contributed by atoms with Gasteiger partial charge in [-0.2, -0.15) is 11.8 Å². The van der Waals surface area contributed by atoms with Crippen molar-refractivity contribution in [3.05, 3.63) is 35.2 Å². The first-order valence-electron chi connectivity index (χ1n) is 6.91. The van der Waals surface area contributed by atoms with Gasteiger partial charge in [-0.15, -0.1) is 0 Å². The number of hydrogen-bond acceptors (Lipinski definition) is 5. The molecule has 3 nitrogen and oxygen atoms in total. The number of anilines is 1. The van der Waals surface area contributed by atoms with Gasteiger partial charge < -0.3 is 10.2 Å². The lowest BCUT2D eigenvalue weighted by atomic mass is 10.1. The Labute approximate surface area is 128 Å². The van der Waals surface area contributed by atoms with Gasteiger partial charge in [0, 0.05) is 41.6 Å². The van der Waals surface area contributed by atoms with Gasteiger partial charge >= 0.3 is 0 Å². The van der Waals surface area contributed by atoms with Gasteiger partial charge in [0.15, 0.2) is 5.13 Å². The Morgan fingerprint density at radius 2 is 1.95 bits per heavy atom. The third kappa shape index (κ3) is 3.00. The summed E-state index contributed by atoms with van der Waals surface area (Å²) in [6.45, 7) is 3.11. The quantitative estimate of drug-likeness (QED) is 0.939. The minimum Gasteiger partial charge on any atom is -0.346 e. The molecule has 1 aromatic heterocycles. The highest BCUT2D eigenvalue weighted by Gasteiger charge is 2.18. The molecule has 106 valence electrons. The molecule has 1 aliphatic rings. The highest BCUT2D eigenvalue weighted by molar-refractivity contribution is 7.99. The summed E-state index contributed by atoms with van der Waals surface area (Å²) in [6, 6.07) is 10.5. The Morgan fingerprint density at radius 3 is 2.65 bits per heavy atom. The first kappa shape index (κ1) is 13.9. The Hall–Kier alpha value is -1.04. The van der Waals surface area contributed by atoms with E-state index in [1.807, 2.05) is 30.1 Å². The molecule has 0 radical (unpaired) electrons. The van der Waals surface area contributed by atoms with Crippen LogP contribution in [-0.2, 0) is 6.54 Å². The second-order valence-electron chi connectivity index (χ2n) is 4.76. The van der Waals surface area contributed by atoms with Crippen LogP contribution in [0.3, 0.4) is 0 Å². The molecule has 0 spiro atoms. The highest BCUT2D eigenvalue weighted by atomic mass is 32.2. The van der Waals surface area contributed by atoms with Crippen LogP contribution in [0.1, 0.15) is 4.88 Å². The number of nitrogens with zero attached hydrogens (tertiary/aromatic N) is 2. The molecule has 0 aliphatic carbocycles. The minimum absolute atomic E-state index is 0.879. The van der Waals surface area contributed by atoms with Crippen LogP contribution in [0.25, 0.3) is 11.3 Å². The molecule has 0 unspecified atom stereocenters. The molecule has 1 saturated heterocycles. The molecule has 20 heavy (non-hydrogen) atoms. The summed E-state index contributed by atoms with van der Waals surface area (Å²) in [5, 5.41) is 4.43. The number of rotatable bonds is 4. The van der Waals surface area contributed by atoms with E-state index in [0.717, 1.165) is 25.3 Å². The Kier molecular flexibility index (Phi) is 4.60. The molecule has 0 amide bonds. The second kappa shape index (κ2) is 6.61. The van der Waals surface area contributed by atoms with Crippen LogP contribution in [0.2, 0.25) is 0 Å².